The van der Waals surface area contributed by atoms with Crippen LogP contribution in [0.15, 0.2) is 54.9 Å². The lowest BCUT2D eigenvalue weighted by atomic mass is 10.1. The van der Waals surface area contributed by atoms with Crippen LogP contribution in [0.3, 0.4) is 0 Å². The summed E-state index contributed by atoms with van der Waals surface area (Å²) >= 11 is 0. The zero-order valence-electron chi connectivity index (χ0n) is 18.6. The maximum Gasteiger partial charge on any atom is 0.272 e. The van der Waals surface area contributed by atoms with E-state index in [0.29, 0.717) is 43.9 Å². The van der Waals surface area contributed by atoms with Crippen LogP contribution in [0.4, 0.5) is 11.5 Å². The van der Waals surface area contributed by atoms with Gasteiger partial charge < -0.3 is 14.5 Å². The number of benzene rings is 2. The Morgan fingerprint density at radius 1 is 1.06 bits per heavy atom. The van der Waals surface area contributed by atoms with E-state index in [4.69, 9.17) is 4.74 Å². The Bertz CT molecular complexity index is 1160. The SMILES string of the molecule is CCOc1ccc(-c2cc(N3CCN(C(=O)c4ccc([N+](=O)[O-])c(C)c4)CC3)ncn2)cc1. The first-order valence-corrected chi connectivity index (χ1v) is 10.8. The highest BCUT2D eigenvalue weighted by Gasteiger charge is 2.24. The quantitative estimate of drug-likeness (QED) is 0.419. The maximum atomic E-state index is 12.9. The first-order valence-electron chi connectivity index (χ1n) is 10.8. The van der Waals surface area contributed by atoms with Gasteiger partial charge in [0, 0.05) is 55.0 Å². The molecule has 1 saturated heterocycles. The van der Waals surface area contributed by atoms with E-state index >= 15 is 0 Å². The summed E-state index contributed by atoms with van der Waals surface area (Å²) in [6, 6.07) is 14.2. The Labute approximate surface area is 191 Å². The van der Waals surface area contributed by atoms with Gasteiger partial charge in [0.15, 0.2) is 0 Å². The van der Waals surface area contributed by atoms with Gasteiger partial charge >= 0.3 is 0 Å². The number of hydrogen-bond acceptors (Lipinski definition) is 7. The van der Waals surface area contributed by atoms with E-state index in [1.165, 1.54) is 12.1 Å². The zero-order chi connectivity index (χ0) is 23.4. The summed E-state index contributed by atoms with van der Waals surface area (Å²) in [6.45, 7) is 6.56. The Balaban J connectivity index is 1.42. The van der Waals surface area contributed by atoms with Gasteiger partial charge in [-0.25, -0.2) is 9.97 Å². The standard InChI is InChI=1S/C24H25N5O4/c1-3-33-20-7-4-18(5-8-20)21-15-23(26-16-25-21)27-10-12-28(13-11-27)24(30)19-6-9-22(29(31)32)17(2)14-19/h4-9,14-16H,3,10-13H2,1-2H3. The topological polar surface area (TPSA) is 102 Å². The molecule has 0 N–H and O–H groups in total. The highest BCUT2D eigenvalue weighted by atomic mass is 16.6. The predicted molar refractivity (Wildman–Crippen MR) is 125 cm³/mol. The van der Waals surface area contributed by atoms with Crippen molar-refractivity contribution in [2.75, 3.05) is 37.7 Å². The summed E-state index contributed by atoms with van der Waals surface area (Å²) in [7, 11) is 0. The van der Waals surface area contributed by atoms with Crippen LogP contribution in [0.1, 0.15) is 22.8 Å². The van der Waals surface area contributed by atoms with E-state index in [1.807, 2.05) is 37.3 Å². The average Bonchev–Trinajstić information content (AvgIpc) is 2.84. The molecule has 170 valence electrons. The van der Waals surface area contributed by atoms with Gasteiger partial charge in [-0.2, -0.15) is 0 Å². The molecule has 1 aliphatic rings. The van der Waals surface area contributed by atoms with Gasteiger partial charge in [0.1, 0.15) is 17.9 Å². The van der Waals surface area contributed by atoms with Crippen molar-refractivity contribution in [2.24, 2.45) is 0 Å². The van der Waals surface area contributed by atoms with Crippen molar-refractivity contribution in [1.29, 1.82) is 0 Å². The summed E-state index contributed by atoms with van der Waals surface area (Å²) in [6.07, 6.45) is 1.55. The minimum Gasteiger partial charge on any atom is -0.494 e. The molecule has 0 spiro atoms. The Morgan fingerprint density at radius 3 is 2.42 bits per heavy atom. The third-order valence-corrected chi connectivity index (χ3v) is 5.65. The molecule has 0 aliphatic carbocycles. The minimum absolute atomic E-state index is 0.0171. The Kier molecular flexibility index (Phi) is 6.48. The van der Waals surface area contributed by atoms with Gasteiger partial charge in [0.2, 0.25) is 0 Å². The molecule has 1 fully saturated rings. The fraction of sp³-hybridized carbons (Fsp3) is 0.292. The van der Waals surface area contributed by atoms with Crippen molar-refractivity contribution < 1.29 is 14.5 Å². The van der Waals surface area contributed by atoms with Crippen LogP contribution in [-0.2, 0) is 0 Å². The molecule has 0 unspecified atom stereocenters. The van der Waals surface area contributed by atoms with Crippen LogP contribution in [0.25, 0.3) is 11.3 Å². The molecule has 1 aromatic heterocycles. The van der Waals surface area contributed by atoms with E-state index in [0.717, 1.165) is 22.8 Å². The van der Waals surface area contributed by atoms with Crippen LogP contribution in [-0.4, -0.2) is 58.5 Å². The molecular weight excluding hydrogens is 422 g/mol. The van der Waals surface area contributed by atoms with Crippen molar-refractivity contribution in [3.8, 4) is 17.0 Å². The van der Waals surface area contributed by atoms with Crippen molar-refractivity contribution >= 4 is 17.4 Å². The van der Waals surface area contributed by atoms with Gasteiger partial charge in [-0.3, -0.25) is 14.9 Å². The summed E-state index contributed by atoms with van der Waals surface area (Å²) in [4.78, 5) is 36.2. The number of carbonyl (C=O) groups excluding carboxylic acids is 1. The molecule has 33 heavy (non-hydrogen) atoms. The third-order valence-electron chi connectivity index (χ3n) is 5.65. The number of ether oxygens (including phenoxy) is 1. The second-order valence-electron chi connectivity index (χ2n) is 7.76. The monoisotopic (exact) mass is 447 g/mol. The van der Waals surface area contributed by atoms with Gasteiger partial charge in [0.25, 0.3) is 11.6 Å². The predicted octanol–water partition coefficient (Wildman–Crippen LogP) is 3.72. The van der Waals surface area contributed by atoms with Crippen molar-refractivity contribution in [3.05, 3.63) is 76.1 Å². The van der Waals surface area contributed by atoms with Gasteiger partial charge in [-0.15, -0.1) is 0 Å². The first-order chi connectivity index (χ1) is 16.0. The van der Waals surface area contributed by atoms with Crippen LogP contribution in [0, 0.1) is 17.0 Å². The molecule has 0 bridgehead atoms. The van der Waals surface area contributed by atoms with Crippen molar-refractivity contribution in [1.82, 2.24) is 14.9 Å². The summed E-state index contributed by atoms with van der Waals surface area (Å²) in [5.74, 6) is 1.51. The highest BCUT2D eigenvalue weighted by molar-refractivity contribution is 5.95. The number of rotatable bonds is 6. The summed E-state index contributed by atoms with van der Waals surface area (Å²) in [5.41, 5.74) is 2.76. The van der Waals surface area contributed by atoms with Crippen LogP contribution in [0.5, 0.6) is 5.75 Å². The number of hydrogen-bond donors (Lipinski definition) is 0. The van der Waals surface area contributed by atoms with Crippen molar-refractivity contribution in [3.63, 3.8) is 0 Å². The molecule has 1 aliphatic heterocycles. The molecule has 0 saturated carbocycles. The second kappa shape index (κ2) is 9.64. The third kappa shape index (κ3) is 4.92. The number of nitrogens with zero attached hydrogens (tertiary/aromatic N) is 5. The van der Waals surface area contributed by atoms with E-state index in [9.17, 15) is 14.9 Å². The lowest BCUT2D eigenvalue weighted by molar-refractivity contribution is -0.385. The fourth-order valence-electron chi connectivity index (χ4n) is 3.88. The summed E-state index contributed by atoms with van der Waals surface area (Å²) in [5, 5.41) is 11.0. The molecule has 3 aromatic rings. The van der Waals surface area contributed by atoms with Crippen LogP contribution < -0.4 is 9.64 Å². The zero-order valence-corrected chi connectivity index (χ0v) is 18.6. The molecular formula is C24H25N5O4. The van der Waals surface area contributed by atoms with E-state index in [-0.39, 0.29) is 11.6 Å². The largest absolute Gasteiger partial charge is 0.494 e. The van der Waals surface area contributed by atoms with E-state index in [2.05, 4.69) is 14.9 Å². The molecule has 1 amide bonds. The normalized spacial score (nSPS) is 13.6. The molecule has 9 heteroatoms. The van der Waals surface area contributed by atoms with Gasteiger partial charge in [0.05, 0.1) is 17.2 Å². The van der Waals surface area contributed by atoms with E-state index in [1.54, 1.807) is 24.2 Å². The van der Waals surface area contributed by atoms with E-state index < -0.39 is 4.92 Å². The Morgan fingerprint density at radius 2 is 1.79 bits per heavy atom. The van der Waals surface area contributed by atoms with Gasteiger partial charge in [-0.05, 0) is 50.2 Å². The lowest BCUT2D eigenvalue weighted by Gasteiger charge is -2.35. The number of anilines is 1. The fourth-order valence-corrected chi connectivity index (χ4v) is 3.88. The van der Waals surface area contributed by atoms with Crippen molar-refractivity contribution in [2.45, 2.75) is 13.8 Å². The molecule has 0 radical (unpaired) electrons. The average molecular weight is 447 g/mol. The maximum absolute atomic E-state index is 12.9. The second-order valence-corrected chi connectivity index (χ2v) is 7.76. The highest BCUT2D eigenvalue weighted by Crippen LogP contribution is 2.25. The van der Waals surface area contributed by atoms with Gasteiger partial charge in [-0.1, -0.05) is 0 Å². The number of piperazine rings is 1. The molecule has 9 nitrogen and oxygen atoms in total. The van der Waals surface area contributed by atoms with Crippen LogP contribution in [0.2, 0.25) is 0 Å². The molecule has 2 aromatic carbocycles. The number of nitro benzene ring substituents is 1. The first kappa shape index (κ1) is 22.2. The number of aryl methyl sites for hydroxylation is 1. The molecule has 2 heterocycles. The number of amides is 1. The lowest BCUT2D eigenvalue weighted by Crippen LogP contribution is -2.49. The smallest absolute Gasteiger partial charge is 0.272 e. The molecule has 0 atom stereocenters. The number of carbonyl (C=O) groups is 1. The Hall–Kier alpha value is -4.01. The minimum atomic E-state index is -0.439. The molecule has 4 rings (SSSR count). The summed E-state index contributed by atoms with van der Waals surface area (Å²) < 4.78 is 5.50. The number of nitro groups is 1. The number of aromatic nitrogens is 2. The van der Waals surface area contributed by atoms with Crippen LogP contribution >= 0.6 is 0 Å².